The third kappa shape index (κ3) is 10.1. The molecule has 1 unspecified atom stereocenters. The van der Waals surface area contributed by atoms with Gasteiger partial charge < -0.3 is 16.4 Å². The number of aliphatic imine (C=N–C) groups is 1. The Balaban J connectivity index is 2.63. The summed E-state index contributed by atoms with van der Waals surface area (Å²) in [6, 6.07) is -0.649. The minimum atomic E-state index is -0.782. The molecule has 5 N–H and O–H groups in total. The first-order valence-electron chi connectivity index (χ1n) is 10.5. The summed E-state index contributed by atoms with van der Waals surface area (Å²) in [5, 5.41) is 15.4. The number of nitrogens with zero attached hydrogens (tertiary/aromatic N) is 2. The van der Waals surface area contributed by atoms with Crippen LogP contribution in [0.25, 0.3) is 0 Å². The fourth-order valence-corrected chi connectivity index (χ4v) is 3.48. The summed E-state index contributed by atoms with van der Waals surface area (Å²) in [6.45, 7) is 7.02. The zero-order chi connectivity index (χ0) is 21.8. The molecule has 29 heavy (non-hydrogen) atoms. The fraction of sp³-hybridized carbons (Fsp3) is 0.842. The smallest absolute Gasteiger partial charge is 0.251 e. The largest absolute Gasteiger partial charge is 0.365 e. The van der Waals surface area contributed by atoms with Crippen LogP contribution in [0.3, 0.4) is 0 Å². The number of nitrogens with one attached hydrogen (secondary N) is 3. The lowest BCUT2D eigenvalue weighted by Crippen LogP contribution is -2.50. The molecule has 3 atom stereocenters. The highest BCUT2D eigenvalue weighted by molar-refractivity contribution is 5.88. The topological polar surface area (TPSA) is 152 Å². The predicted molar refractivity (Wildman–Crippen MR) is 111 cm³/mol. The molecule has 1 saturated carbocycles. The predicted octanol–water partition coefficient (Wildman–Crippen LogP) is 1.34. The van der Waals surface area contributed by atoms with Crippen molar-refractivity contribution in [2.75, 3.05) is 13.1 Å². The number of hydrogen-bond donors (Lipinski definition) is 4. The summed E-state index contributed by atoms with van der Waals surface area (Å²) in [5.74, 6) is 0.159. The van der Waals surface area contributed by atoms with Crippen molar-refractivity contribution in [1.29, 1.82) is 0 Å². The van der Waals surface area contributed by atoms with Gasteiger partial charge in [-0.15, -0.1) is 0 Å². The van der Waals surface area contributed by atoms with E-state index in [9.17, 15) is 19.7 Å². The Kier molecular flexibility index (Phi) is 11.0. The number of carbonyl (C=O) groups excluding carboxylic acids is 2. The normalized spacial score (nSPS) is 20.8. The van der Waals surface area contributed by atoms with E-state index in [-0.39, 0.29) is 30.2 Å². The lowest BCUT2D eigenvalue weighted by atomic mass is 9.80. The molecule has 0 saturated heterocycles. The van der Waals surface area contributed by atoms with E-state index in [1.54, 1.807) is 5.43 Å². The number of hydrazine groups is 1. The van der Waals surface area contributed by atoms with Crippen molar-refractivity contribution in [2.24, 2.45) is 28.5 Å². The Labute approximate surface area is 172 Å². The molecule has 1 rings (SSSR count). The molecule has 0 spiro atoms. The second-order valence-electron chi connectivity index (χ2n) is 8.18. The Morgan fingerprint density at radius 2 is 1.93 bits per heavy atom. The molecule has 10 nitrogen and oxygen atoms in total. The van der Waals surface area contributed by atoms with Crippen LogP contribution in [0.4, 0.5) is 0 Å². The molecular formula is C19H36N6O4. The van der Waals surface area contributed by atoms with E-state index < -0.39 is 11.1 Å². The van der Waals surface area contributed by atoms with Crippen LogP contribution in [0.1, 0.15) is 65.7 Å². The maximum Gasteiger partial charge on any atom is 0.251 e. The van der Waals surface area contributed by atoms with Gasteiger partial charge in [0.25, 0.3) is 5.96 Å². The van der Waals surface area contributed by atoms with Crippen LogP contribution in [0.2, 0.25) is 0 Å². The highest BCUT2D eigenvalue weighted by Gasteiger charge is 2.30. The molecule has 0 aliphatic heterocycles. The third-order valence-electron chi connectivity index (χ3n) is 5.24. The van der Waals surface area contributed by atoms with Gasteiger partial charge in [-0.2, -0.15) is 0 Å². The summed E-state index contributed by atoms with van der Waals surface area (Å²) >= 11 is 0. The lowest BCUT2D eigenvalue weighted by Gasteiger charge is -2.29. The van der Waals surface area contributed by atoms with Crippen molar-refractivity contribution in [3.8, 4) is 0 Å². The maximum absolute atomic E-state index is 12.7. The van der Waals surface area contributed by atoms with E-state index >= 15 is 0 Å². The third-order valence-corrected chi connectivity index (χ3v) is 5.24. The second kappa shape index (κ2) is 12.9. The first kappa shape index (κ1) is 24.6. The highest BCUT2D eigenvalue weighted by atomic mass is 16.7. The highest BCUT2D eigenvalue weighted by Crippen LogP contribution is 2.29. The van der Waals surface area contributed by atoms with Crippen LogP contribution in [0, 0.1) is 27.9 Å². The average molecular weight is 413 g/mol. The maximum atomic E-state index is 12.7. The van der Waals surface area contributed by atoms with Crippen molar-refractivity contribution in [2.45, 2.75) is 71.8 Å². The number of guanidine groups is 1. The van der Waals surface area contributed by atoms with Crippen LogP contribution in [-0.2, 0) is 9.59 Å². The van der Waals surface area contributed by atoms with Crippen LogP contribution >= 0.6 is 0 Å². The van der Waals surface area contributed by atoms with E-state index in [1.165, 1.54) is 0 Å². The molecule has 0 bridgehead atoms. The Morgan fingerprint density at radius 3 is 2.55 bits per heavy atom. The van der Waals surface area contributed by atoms with E-state index in [1.807, 2.05) is 0 Å². The Morgan fingerprint density at radius 1 is 1.24 bits per heavy atom. The zero-order valence-electron chi connectivity index (χ0n) is 17.8. The molecule has 1 fully saturated rings. The fourth-order valence-electron chi connectivity index (χ4n) is 3.48. The van der Waals surface area contributed by atoms with Crippen LogP contribution in [0.5, 0.6) is 0 Å². The molecule has 166 valence electrons. The molecule has 0 aromatic carbocycles. The van der Waals surface area contributed by atoms with Gasteiger partial charge in [-0.3, -0.25) is 9.59 Å². The van der Waals surface area contributed by atoms with Gasteiger partial charge in [-0.05, 0) is 43.9 Å². The minimum absolute atomic E-state index is 0.0623. The van der Waals surface area contributed by atoms with Gasteiger partial charge in [0.15, 0.2) is 5.03 Å². The van der Waals surface area contributed by atoms with Crippen LogP contribution in [-0.4, -0.2) is 41.9 Å². The monoisotopic (exact) mass is 412 g/mol. The van der Waals surface area contributed by atoms with Crippen molar-refractivity contribution < 1.29 is 14.6 Å². The number of nitrogens with two attached hydrogens (primary N) is 1. The van der Waals surface area contributed by atoms with Gasteiger partial charge in [-0.1, -0.05) is 39.0 Å². The quantitative estimate of drug-likeness (QED) is 0.132. The molecule has 2 amide bonds. The number of amides is 2. The number of rotatable bonds is 11. The summed E-state index contributed by atoms with van der Waals surface area (Å²) in [6.07, 6.45) is 5.76. The Hall–Kier alpha value is -2.39. The van der Waals surface area contributed by atoms with Crippen LogP contribution in [0.15, 0.2) is 4.99 Å². The van der Waals surface area contributed by atoms with Crippen molar-refractivity contribution in [3.63, 3.8) is 0 Å². The Bertz CT molecular complexity index is 581. The molecular weight excluding hydrogens is 376 g/mol. The molecule has 1 aliphatic carbocycles. The van der Waals surface area contributed by atoms with Gasteiger partial charge in [0.1, 0.15) is 6.04 Å². The molecule has 1 aliphatic rings. The minimum Gasteiger partial charge on any atom is -0.365 e. The van der Waals surface area contributed by atoms with E-state index in [4.69, 9.17) is 5.73 Å². The summed E-state index contributed by atoms with van der Waals surface area (Å²) in [7, 11) is 0. The number of nitro groups is 1. The van der Waals surface area contributed by atoms with Crippen molar-refractivity contribution in [3.05, 3.63) is 10.1 Å². The van der Waals surface area contributed by atoms with Gasteiger partial charge in [0.05, 0.1) is 0 Å². The van der Waals surface area contributed by atoms with E-state index in [0.29, 0.717) is 31.2 Å². The zero-order valence-corrected chi connectivity index (χ0v) is 17.8. The van der Waals surface area contributed by atoms with Crippen molar-refractivity contribution in [1.82, 2.24) is 16.1 Å². The van der Waals surface area contributed by atoms with E-state index in [2.05, 4.69) is 36.4 Å². The SMILES string of the molecule is CC(C)CCNC(=O)[C@H](CCCN=C(N)N[N+](=O)[O-])NC(=O)[C@@H]1CCCCC1C. The molecule has 10 heteroatoms. The molecule has 0 radical (unpaired) electrons. The standard InChI is InChI=1S/C19H36N6O4/c1-13(2)10-12-21-18(27)16(9-6-11-22-19(20)24-25(28)29)23-17(26)15-8-5-4-7-14(15)3/h13-16H,4-12H2,1-3H3,(H,21,27)(H,23,26)(H3,20,22,24)/t14?,15-,16+/m1/s1. The van der Waals surface area contributed by atoms with Gasteiger partial charge >= 0.3 is 0 Å². The number of carbonyl (C=O) groups is 2. The second-order valence-corrected chi connectivity index (χ2v) is 8.18. The number of hydrogen-bond acceptors (Lipinski definition) is 5. The van der Waals surface area contributed by atoms with Gasteiger partial charge in [0, 0.05) is 19.0 Å². The molecule has 0 aromatic rings. The van der Waals surface area contributed by atoms with Crippen LogP contribution < -0.4 is 21.8 Å². The average Bonchev–Trinajstić information content (AvgIpc) is 2.63. The first-order valence-corrected chi connectivity index (χ1v) is 10.5. The van der Waals surface area contributed by atoms with Gasteiger partial charge in [-0.25, -0.2) is 15.1 Å². The summed E-state index contributed by atoms with van der Waals surface area (Å²) in [5.41, 5.74) is 7.16. The molecule has 0 aromatic heterocycles. The summed E-state index contributed by atoms with van der Waals surface area (Å²) < 4.78 is 0. The van der Waals surface area contributed by atoms with Gasteiger partial charge in [0.2, 0.25) is 11.8 Å². The van der Waals surface area contributed by atoms with E-state index in [0.717, 1.165) is 32.1 Å². The summed E-state index contributed by atoms with van der Waals surface area (Å²) in [4.78, 5) is 39.5. The van der Waals surface area contributed by atoms with Crippen molar-refractivity contribution >= 4 is 17.8 Å². The molecule has 0 heterocycles. The lowest BCUT2D eigenvalue weighted by molar-refractivity contribution is -0.525. The first-order chi connectivity index (χ1) is 13.7.